The van der Waals surface area contributed by atoms with Gasteiger partial charge in [0.05, 0.1) is 11.7 Å². The Hall–Kier alpha value is -1.61. The van der Waals surface area contributed by atoms with Gasteiger partial charge < -0.3 is 9.47 Å². The highest BCUT2D eigenvalue weighted by atomic mass is 16.5. The summed E-state index contributed by atoms with van der Waals surface area (Å²) < 4.78 is 11.9. The second-order valence-electron chi connectivity index (χ2n) is 7.00. The van der Waals surface area contributed by atoms with Gasteiger partial charge in [0.2, 0.25) is 0 Å². The van der Waals surface area contributed by atoms with Crippen molar-refractivity contribution in [2.24, 2.45) is 11.8 Å². The smallest absolute Gasteiger partial charge is 0.308 e. The first-order valence-electron chi connectivity index (χ1n) is 8.00. The van der Waals surface area contributed by atoms with Crippen molar-refractivity contribution in [3.63, 3.8) is 0 Å². The van der Waals surface area contributed by atoms with E-state index >= 15 is 0 Å². The van der Waals surface area contributed by atoms with E-state index in [9.17, 15) is 4.79 Å². The molecule has 3 rings (SSSR count). The van der Waals surface area contributed by atoms with Crippen molar-refractivity contribution in [3.8, 4) is 5.75 Å². The molecule has 3 nitrogen and oxygen atoms in total. The molecule has 0 radical (unpaired) electrons. The van der Waals surface area contributed by atoms with Gasteiger partial charge in [-0.15, -0.1) is 0 Å². The molecule has 3 atom stereocenters. The minimum absolute atomic E-state index is 0.0571. The van der Waals surface area contributed by atoms with Crippen LogP contribution < -0.4 is 4.74 Å². The van der Waals surface area contributed by atoms with Crippen LogP contribution in [0.3, 0.4) is 0 Å². The molecular formula is C19H24O3. The average molecular weight is 300 g/mol. The lowest BCUT2D eigenvalue weighted by molar-refractivity contribution is -0.167. The highest BCUT2D eigenvalue weighted by Crippen LogP contribution is 2.52. The van der Waals surface area contributed by atoms with Gasteiger partial charge in [-0.05, 0) is 45.6 Å². The van der Waals surface area contributed by atoms with E-state index in [0.29, 0.717) is 17.6 Å². The molecule has 118 valence electrons. The minimum atomic E-state index is -0.295. The summed E-state index contributed by atoms with van der Waals surface area (Å²) in [5.41, 5.74) is 2.19. The molecule has 2 aliphatic rings. The molecule has 0 unspecified atom stereocenters. The topological polar surface area (TPSA) is 35.5 Å². The fraction of sp³-hybridized carbons (Fsp3) is 0.526. The minimum Gasteiger partial charge on any atom is -0.426 e. The molecule has 22 heavy (non-hydrogen) atoms. The van der Waals surface area contributed by atoms with Gasteiger partial charge in [-0.2, -0.15) is 0 Å². The molecule has 0 amide bonds. The summed E-state index contributed by atoms with van der Waals surface area (Å²) in [6, 6.07) is 7.73. The number of fused-ring (bicyclic) bond motifs is 2. The van der Waals surface area contributed by atoms with Crippen LogP contribution >= 0.6 is 0 Å². The quantitative estimate of drug-likeness (QED) is 0.460. The summed E-state index contributed by atoms with van der Waals surface area (Å²) in [7, 11) is 0. The number of esters is 1. The highest BCUT2D eigenvalue weighted by molar-refractivity contribution is 5.69. The number of para-hydroxylation sites is 1. The third-order valence-corrected chi connectivity index (χ3v) is 5.11. The number of rotatable bonds is 2. The Morgan fingerprint density at radius 1 is 1.32 bits per heavy atom. The Balaban J connectivity index is 2.01. The van der Waals surface area contributed by atoms with Crippen molar-refractivity contribution in [2.45, 2.75) is 52.2 Å². The molecule has 0 aromatic heterocycles. The SMILES string of the molecule is CC(=O)Oc1ccccc1[C@H]1OC(C)(C)[C@H]2CC=C(C)[C@H]1C2. The number of ether oxygens (including phenoxy) is 2. The molecule has 0 spiro atoms. The molecule has 1 saturated heterocycles. The van der Waals surface area contributed by atoms with E-state index in [1.807, 2.05) is 24.3 Å². The van der Waals surface area contributed by atoms with Crippen LogP contribution in [0.2, 0.25) is 0 Å². The van der Waals surface area contributed by atoms with Crippen molar-refractivity contribution < 1.29 is 14.3 Å². The van der Waals surface area contributed by atoms with Crippen LogP contribution in [0.5, 0.6) is 5.75 Å². The van der Waals surface area contributed by atoms with Gasteiger partial charge in [0.25, 0.3) is 0 Å². The summed E-state index contributed by atoms with van der Waals surface area (Å²) in [5.74, 6) is 1.24. The van der Waals surface area contributed by atoms with E-state index in [0.717, 1.165) is 18.4 Å². The number of carbonyl (C=O) groups excluding carboxylic acids is 1. The van der Waals surface area contributed by atoms with Gasteiger partial charge in [-0.3, -0.25) is 4.79 Å². The largest absolute Gasteiger partial charge is 0.426 e. The number of benzene rings is 1. The van der Waals surface area contributed by atoms with Gasteiger partial charge in [-0.25, -0.2) is 0 Å². The van der Waals surface area contributed by atoms with Gasteiger partial charge in [0.1, 0.15) is 5.75 Å². The van der Waals surface area contributed by atoms with E-state index in [1.54, 1.807) is 0 Å². The van der Waals surface area contributed by atoms with Crippen LogP contribution in [-0.4, -0.2) is 11.6 Å². The predicted molar refractivity (Wildman–Crippen MR) is 85.6 cm³/mol. The number of hydrogen-bond acceptors (Lipinski definition) is 3. The standard InChI is InChI=1S/C19H24O3/c1-12-9-10-14-11-16(12)18(22-19(14,3)4)15-7-5-6-8-17(15)21-13(2)20/h5-9,14,16,18H,10-11H2,1-4H3/t14-,16+,18+/m0/s1. The third kappa shape index (κ3) is 2.70. The second-order valence-corrected chi connectivity index (χ2v) is 7.00. The van der Waals surface area contributed by atoms with Crippen LogP contribution in [0, 0.1) is 11.8 Å². The van der Waals surface area contributed by atoms with Gasteiger partial charge in [0, 0.05) is 18.4 Å². The first-order valence-corrected chi connectivity index (χ1v) is 8.00. The maximum absolute atomic E-state index is 11.4. The number of hydrogen-bond donors (Lipinski definition) is 0. The summed E-state index contributed by atoms with van der Waals surface area (Å²) in [6.07, 6.45) is 4.52. The van der Waals surface area contributed by atoms with E-state index in [-0.39, 0.29) is 17.7 Å². The first kappa shape index (κ1) is 15.3. The van der Waals surface area contributed by atoms with Crippen LogP contribution in [-0.2, 0) is 9.53 Å². The Kier molecular flexibility index (Phi) is 3.85. The Morgan fingerprint density at radius 3 is 2.77 bits per heavy atom. The molecule has 2 bridgehead atoms. The lowest BCUT2D eigenvalue weighted by Crippen LogP contribution is -2.45. The molecule has 1 aliphatic carbocycles. The zero-order valence-corrected chi connectivity index (χ0v) is 13.8. The van der Waals surface area contributed by atoms with Crippen LogP contribution in [0.4, 0.5) is 0 Å². The van der Waals surface area contributed by atoms with Crippen molar-refractivity contribution >= 4 is 5.97 Å². The number of carbonyl (C=O) groups is 1. The lowest BCUT2D eigenvalue weighted by Gasteiger charge is -2.49. The zero-order chi connectivity index (χ0) is 15.9. The summed E-state index contributed by atoms with van der Waals surface area (Å²) in [6.45, 7) is 7.96. The second kappa shape index (κ2) is 5.54. The van der Waals surface area contributed by atoms with Crippen molar-refractivity contribution in [1.29, 1.82) is 0 Å². The summed E-state index contributed by atoms with van der Waals surface area (Å²) in [5, 5.41) is 0. The van der Waals surface area contributed by atoms with E-state index in [2.05, 4.69) is 26.8 Å². The van der Waals surface area contributed by atoms with Crippen LogP contribution in [0.1, 0.15) is 52.2 Å². The van der Waals surface area contributed by atoms with E-state index in [1.165, 1.54) is 12.5 Å². The molecule has 0 N–H and O–H groups in total. The summed E-state index contributed by atoms with van der Waals surface area (Å²) in [4.78, 5) is 11.4. The molecule has 1 fully saturated rings. The van der Waals surface area contributed by atoms with Gasteiger partial charge >= 0.3 is 5.97 Å². The molecule has 0 saturated carbocycles. The molecule has 1 aromatic carbocycles. The average Bonchev–Trinajstić information content (AvgIpc) is 2.45. The van der Waals surface area contributed by atoms with Crippen molar-refractivity contribution in [2.75, 3.05) is 0 Å². The van der Waals surface area contributed by atoms with Crippen LogP contribution in [0.25, 0.3) is 0 Å². The Labute approximate surface area is 132 Å². The molecular weight excluding hydrogens is 276 g/mol. The third-order valence-electron chi connectivity index (χ3n) is 5.11. The molecule has 1 aromatic rings. The maximum Gasteiger partial charge on any atom is 0.308 e. The zero-order valence-electron chi connectivity index (χ0n) is 13.8. The van der Waals surface area contributed by atoms with Crippen LogP contribution in [0.15, 0.2) is 35.9 Å². The Morgan fingerprint density at radius 2 is 2.05 bits per heavy atom. The molecule has 1 heterocycles. The molecule has 3 heteroatoms. The van der Waals surface area contributed by atoms with E-state index < -0.39 is 0 Å². The Bertz CT molecular complexity index is 615. The first-order chi connectivity index (χ1) is 10.4. The van der Waals surface area contributed by atoms with Crippen molar-refractivity contribution in [1.82, 2.24) is 0 Å². The van der Waals surface area contributed by atoms with Crippen molar-refractivity contribution in [3.05, 3.63) is 41.5 Å². The predicted octanol–water partition coefficient (Wildman–Crippen LogP) is 4.43. The van der Waals surface area contributed by atoms with Gasteiger partial charge in [0.15, 0.2) is 0 Å². The van der Waals surface area contributed by atoms with Gasteiger partial charge in [-0.1, -0.05) is 29.8 Å². The summed E-state index contributed by atoms with van der Waals surface area (Å²) >= 11 is 0. The fourth-order valence-electron chi connectivity index (χ4n) is 3.75. The maximum atomic E-state index is 11.4. The number of allylic oxidation sites excluding steroid dienone is 1. The lowest BCUT2D eigenvalue weighted by atomic mass is 9.68. The highest BCUT2D eigenvalue weighted by Gasteiger charge is 2.46. The normalized spacial score (nSPS) is 29.6. The monoisotopic (exact) mass is 300 g/mol. The fourth-order valence-corrected chi connectivity index (χ4v) is 3.75. The molecule has 1 aliphatic heterocycles. The van der Waals surface area contributed by atoms with E-state index in [4.69, 9.17) is 9.47 Å².